The van der Waals surface area contributed by atoms with E-state index < -0.39 is 0 Å². The van der Waals surface area contributed by atoms with Crippen molar-refractivity contribution in [2.24, 2.45) is 0 Å². The van der Waals surface area contributed by atoms with Crippen LogP contribution in [0.4, 0.5) is 10.8 Å². The molecule has 4 rings (SSSR count). The van der Waals surface area contributed by atoms with Crippen LogP contribution in [-0.4, -0.2) is 60.5 Å². The minimum atomic E-state index is -0.361. The van der Waals surface area contributed by atoms with Crippen molar-refractivity contribution in [2.45, 2.75) is 6.92 Å². The van der Waals surface area contributed by atoms with Gasteiger partial charge in [-0.05, 0) is 31.2 Å². The molecule has 1 aliphatic heterocycles. The van der Waals surface area contributed by atoms with E-state index in [9.17, 15) is 9.59 Å². The van der Waals surface area contributed by atoms with E-state index in [4.69, 9.17) is 21.1 Å². The number of hydrogen-bond donors (Lipinski definition) is 0. The molecule has 1 aromatic heterocycles. The summed E-state index contributed by atoms with van der Waals surface area (Å²) in [4.78, 5) is 35.6. The smallest absolute Gasteiger partial charge is 0.273 e. The van der Waals surface area contributed by atoms with Crippen molar-refractivity contribution in [2.75, 3.05) is 43.7 Å². The summed E-state index contributed by atoms with van der Waals surface area (Å²) in [5.41, 5.74) is 1.21. The van der Waals surface area contributed by atoms with Gasteiger partial charge in [-0.1, -0.05) is 23.7 Å². The lowest BCUT2D eigenvalue weighted by Gasteiger charge is -2.26. The van der Waals surface area contributed by atoms with Gasteiger partial charge in [0.1, 0.15) is 5.69 Å². The molecule has 7 nitrogen and oxygen atoms in total. The first-order valence-corrected chi connectivity index (χ1v) is 12.9. The lowest BCUT2D eigenvalue weighted by Crippen LogP contribution is -2.38. The zero-order valence-corrected chi connectivity index (χ0v) is 21.4. The molecule has 178 valence electrons. The molecule has 0 atom stereocenters. The zero-order chi connectivity index (χ0) is 24.2. The Balaban J connectivity index is 1.80. The molecule has 0 N–H and O–H groups in total. The second-order valence-electron chi connectivity index (χ2n) is 7.47. The minimum Gasteiger partial charge on any atom is -0.493 e. The van der Waals surface area contributed by atoms with Crippen molar-refractivity contribution < 1.29 is 19.1 Å². The summed E-state index contributed by atoms with van der Waals surface area (Å²) in [6.07, 6.45) is 0. The first kappa shape index (κ1) is 24.4. The summed E-state index contributed by atoms with van der Waals surface area (Å²) in [5, 5.41) is 0.706. The Kier molecular flexibility index (Phi) is 7.65. The number of aromatic nitrogens is 1. The molecule has 0 radical (unpaired) electrons. The molecule has 3 aromatic rings. The lowest BCUT2D eigenvalue weighted by molar-refractivity contribution is 0.0766. The van der Waals surface area contributed by atoms with Crippen LogP contribution in [0.15, 0.2) is 42.5 Å². The van der Waals surface area contributed by atoms with Crippen molar-refractivity contribution in [3.05, 3.63) is 63.6 Å². The largest absolute Gasteiger partial charge is 0.493 e. The number of carbonyl (C=O) groups is 2. The molecule has 0 bridgehead atoms. The number of hydrogen-bond acceptors (Lipinski definition) is 7. The molecular formula is C24H24ClN3O4S2. The maximum atomic E-state index is 13.8. The van der Waals surface area contributed by atoms with Gasteiger partial charge in [0.2, 0.25) is 0 Å². The number of halogens is 1. The Morgan fingerprint density at radius 3 is 2.44 bits per heavy atom. The number of carbonyl (C=O) groups excluding carboxylic acids is 2. The van der Waals surface area contributed by atoms with Crippen LogP contribution in [0, 0.1) is 6.92 Å². The third kappa shape index (κ3) is 4.87. The van der Waals surface area contributed by atoms with E-state index in [2.05, 4.69) is 4.98 Å². The van der Waals surface area contributed by atoms with Gasteiger partial charge in [-0.3, -0.25) is 14.5 Å². The number of nitrogens with zero attached hydrogens (tertiary/aromatic N) is 3. The molecule has 1 fully saturated rings. The van der Waals surface area contributed by atoms with Crippen molar-refractivity contribution >= 4 is 57.3 Å². The summed E-state index contributed by atoms with van der Waals surface area (Å²) >= 11 is 9.48. The maximum Gasteiger partial charge on any atom is 0.273 e. The highest BCUT2D eigenvalue weighted by Gasteiger charge is 2.29. The average Bonchev–Trinajstić information content (AvgIpc) is 3.25. The summed E-state index contributed by atoms with van der Waals surface area (Å²) in [7, 11) is 3.08. The van der Waals surface area contributed by atoms with Gasteiger partial charge < -0.3 is 14.4 Å². The average molecular weight is 518 g/mol. The molecule has 0 aliphatic carbocycles. The van der Waals surface area contributed by atoms with Crippen molar-refractivity contribution in [3.8, 4) is 11.5 Å². The Morgan fingerprint density at radius 1 is 1.06 bits per heavy atom. The molecule has 0 unspecified atom stereocenters. The van der Waals surface area contributed by atoms with Crippen LogP contribution in [0.5, 0.6) is 11.5 Å². The second-order valence-corrected chi connectivity index (χ2v) is 10.3. The number of amides is 2. The van der Waals surface area contributed by atoms with Gasteiger partial charge in [-0.25, -0.2) is 4.98 Å². The van der Waals surface area contributed by atoms with Crippen LogP contribution in [0.3, 0.4) is 0 Å². The molecule has 0 spiro atoms. The predicted octanol–water partition coefficient (Wildman–Crippen LogP) is 5.29. The Labute approximate surface area is 211 Å². The van der Waals surface area contributed by atoms with Gasteiger partial charge >= 0.3 is 0 Å². The van der Waals surface area contributed by atoms with Crippen molar-refractivity contribution in [1.29, 1.82) is 0 Å². The second kappa shape index (κ2) is 10.7. The fourth-order valence-electron chi connectivity index (χ4n) is 3.63. The van der Waals surface area contributed by atoms with Crippen LogP contribution >= 0.6 is 34.7 Å². The van der Waals surface area contributed by atoms with Crippen LogP contribution in [0.25, 0.3) is 0 Å². The Hall–Kier alpha value is -2.75. The molecule has 2 heterocycles. The number of aryl methyl sites for hydroxylation is 1. The van der Waals surface area contributed by atoms with Crippen LogP contribution in [0.1, 0.15) is 25.7 Å². The van der Waals surface area contributed by atoms with Gasteiger partial charge in [0.15, 0.2) is 16.6 Å². The summed E-state index contributed by atoms with van der Waals surface area (Å²) in [6, 6.07) is 12.0. The van der Waals surface area contributed by atoms with E-state index in [0.717, 1.165) is 16.4 Å². The molecule has 10 heteroatoms. The highest BCUT2D eigenvalue weighted by atomic mass is 35.5. The van der Waals surface area contributed by atoms with Gasteiger partial charge in [-0.2, -0.15) is 11.8 Å². The standard InChI is InChI=1S/C24H24ClN3O4S2/c1-15-21(23(30)27-10-12-33-13-11-27)26-24(34-15)28(22(29)17-6-4-5-7-18(17)25)16-8-9-19(31-2)20(14-16)32-3/h4-9,14H,10-13H2,1-3H3. The topological polar surface area (TPSA) is 72.0 Å². The predicted molar refractivity (Wildman–Crippen MR) is 138 cm³/mol. The quantitative estimate of drug-likeness (QED) is 0.442. The number of anilines is 2. The number of methoxy groups -OCH3 is 2. The maximum absolute atomic E-state index is 13.8. The normalized spacial score (nSPS) is 13.5. The molecule has 1 saturated heterocycles. The number of thioether (sulfide) groups is 1. The molecule has 34 heavy (non-hydrogen) atoms. The van der Waals surface area contributed by atoms with Crippen molar-refractivity contribution in [1.82, 2.24) is 9.88 Å². The molecule has 2 aromatic carbocycles. The van der Waals surface area contributed by atoms with E-state index in [0.29, 0.717) is 51.7 Å². The molecular weight excluding hydrogens is 494 g/mol. The van der Waals surface area contributed by atoms with Crippen LogP contribution in [-0.2, 0) is 0 Å². The summed E-state index contributed by atoms with van der Waals surface area (Å²) < 4.78 is 10.8. The molecule has 2 amide bonds. The fraction of sp³-hybridized carbons (Fsp3) is 0.292. The Morgan fingerprint density at radius 2 is 1.76 bits per heavy atom. The SMILES string of the molecule is COc1ccc(N(C(=O)c2ccccc2Cl)c2nc(C(=O)N3CCSCC3)c(C)s2)cc1OC. The monoisotopic (exact) mass is 517 g/mol. The van der Waals surface area contributed by atoms with Crippen LogP contribution < -0.4 is 14.4 Å². The van der Waals surface area contributed by atoms with Gasteiger partial charge in [0.25, 0.3) is 11.8 Å². The fourth-order valence-corrected chi connectivity index (χ4v) is 5.67. The number of benzene rings is 2. The molecule has 1 aliphatic rings. The lowest BCUT2D eigenvalue weighted by atomic mass is 10.1. The summed E-state index contributed by atoms with van der Waals surface area (Å²) in [5.74, 6) is 2.34. The van der Waals surface area contributed by atoms with Gasteiger partial charge in [-0.15, -0.1) is 11.3 Å². The van der Waals surface area contributed by atoms with Gasteiger partial charge in [0, 0.05) is 35.5 Å². The van der Waals surface area contributed by atoms with E-state index in [1.54, 1.807) is 49.6 Å². The van der Waals surface area contributed by atoms with Crippen LogP contribution in [0.2, 0.25) is 5.02 Å². The zero-order valence-electron chi connectivity index (χ0n) is 19.0. The third-order valence-corrected chi connectivity index (χ3v) is 7.64. The number of rotatable bonds is 6. The van der Waals surface area contributed by atoms with E-state index >= 15 is 0 Å². The molecule has 0 saturated carbocycles. The highest BCUT2D eigenvalue weighted by molar-refractivity contribution is 7.99. The third-order valence-electron chi connectivity index (χ3n) is 5.41. The van der Waals surface area contributed by atoms with E-state index in [1.165, 1.54) is 23.3 Å². The number of thiazole rings is 1. The van der Waals surface area contributed by atoms with E-state index in [-0.39, 0.29) is 11.8 Å². The first-order chi connectivity index (χ1) is 16.4. The number of ether oxygens (including phenoxy) is 2. The van der Waals surface area contributed by atoms with E-state index in [1.807, 2.05) is 23.6 Å². The Bertz CT molecular complexity index is 1210. The minimum absolute atomic E-state index is 0.113. The summed E-state index contributed by atoms with van der Waals surface area (Å²) in [6.45, 7) is 3.22. The van der Waals surface area contributed by atoms with Crippen molar-refractivity contribution in [3.63, 3.8) is 0 Å². The highest BCUT2D eigenvalue weighted by Crippen LogP contribution is 2.38. The first-order valence-electron chi connectivity index (χ1n) is 10.6. The van der Waals surface area contributed by atoms with Gasteiger partial charge in [0.05, 0.1) is 30.5 Å².